The van der Waals surface area contributed by atoms with Gasteiger partial charge in [-0.15, -0.1) is 11.3 Å². The van der Waals surface area contributed by atoms with Gasteiger partial charge in [-0.1, -0.05) is 182 Å². The first-order chi connectivity index (χ1) is 30.8. The fourth-order valence-corrected chi connectivity index (χ4v) is 10.9. The Morgan fingerprint density at radius 3 is 1.27 bits per heavy atom. The van der Waals surface area contributed by atoms with E-state index in [9.17, 15) is 0 Å². The van der Waals surface area contributed by atoms with Crippen molar-refractivity contribution in [1.82, 2.24) is 19.5 Å². The van der Waals surface area contributed by atoms with Crippen molar-refractivity contribution >= 4 is 85.6 Å². The van der Waals surface area contributed by atoms with E-state index in [1.165, 1.54) is 57.9 Å². The summed E-state index contributed by atoms with van der Waals surface area (Å²) in [5.74, 6) is 1.82. The molecule has 3 heterocycles. The number of fused-ring (bicyclic) bond motifs is 12. The molecule has 0 saturated heterocycles. The van der Waals surface area contributed by atoms with Crippen LogP contribution in [0, 0.1) is 0 Å². The van der Waals surface area contributed by atoms with Gasteiger partial charge in [-0.2, -0.15) is 9.97 Å². The minimum Gasteiger partial charge on any atom is -0.278 e. The molecule has 0 aliphatic carbocycles. The van der Waals surface area contributed by atoms with E-state index in [0.29, 0.717) is 17.6 Å². The fraction of sp³-hybridized carbons (Fsp3) is 0. The van der Waals surface area contributed by atoms with Gasteiger partial charge in [0, 0.05) is 42.1 Å². The molecule has 0 spiro atoms. The van der Waals surface area contributed by atoms with Gasteiger partial charge >= 0.3 is 0 Å². The summed E-state index contributed by atoms with van der Waals surface area (Å²) in [5, 5.41) is 11.9. The van der Waals surface area contributed by atoms with Crippen LogP contribution in [0.25, 0.3) is 125 Å². The summed E-state index contributed by atoms with van der Waals surface area (Å²) >= 11 is 1.82. The average Bonchev–Trinajstić information content (AvgIpc) is 3.90. The van der Waals surface area contributed by atoms with Crippen molar-refractivity contribution in [2.45, 2.75) is 0 Å². The number of hydrogen-bond donors (Lipinski definition) is 0. The molecule has 288 valence electrons. The number of rotatable bonds is 5. The second-order valence-corrected chi connectivity index (χ2v) is 17.0. The van der Waals surface area contributed by atoms with Gasteiger partial charge in [-0.25, -0.2) is 4.98 Å². The molecule has 4 nitrogen and oxygen atoms in total. The fourth-order valence-electron chi connectivity index (χ4n) is 9.73. The van der Waals surface area contributed by atoms with Gasteiger partial charge in [0.25, 0.3) is 0 Å². The molecule has 13 aromatic rings. The van der Waals surface area contributed by atoms with Gasteiger partial charge in [-0.3, -0.25) is 4.57 Å². The van der Waals surface area contributed by atoms with Crippen LogP contribution >= 0.6 is 11.3 Å². The van der Waals surface area contributed by atoms with E-state index in [-0.39, 0.29) is 0 Å². The van der Waals surface area contributed by atoms with E-state index in [1.807, 2.05) is 29.5 Å². The highest BCUT2D eigenvalue weighted by molar-refractivity contribution is 7.26. The highest BCUT2D eigenvalue weighted by Crippen LogP contribution is 2.47. The highest BCUT2D eigenvalue weighted by atomic mass is 32.1. The summed E-state index contributed by atoms with van der Waals surface area (Å²) in [6.07, 6.45) is 0. The molecule has 62 heavy (non-hydrogen) atoms. The molecule has 3 aromatic heterocycles. The molecule has 5 heteroatoms. The standard InChI is InChI=1S/C57H34N4S/c1-4-18-35(19-5-1)45-32-48-53(42-28-14-10-24-38(42)45)54-43-29-15-11-25-39(43)46(36-20-6-2-7-21-36)33-49(54)61(48)57-59-55(37-22-8-3-9-23-37)58-56(60-57)47-34-51-52(41-27-13-12-26-40(41)47)44-30-16-17-31-50(44)62-51/h1-34H. The second-order valence-electron chi connectivity index (χ2n) is 15.9. The maximum atomic E-state index is 5.59. The smallest absolute Gasteiger partial charge is 0.238 e. The molecule has 0 atom stereocenters. The third-order valence-electron chi connectivity index (χ3n) is 12.4. The zero-order valence-corrected chi connectivity index (χ0v) is 34.1. The molecular formula is C57H34N4S. The van der Waals surface area contributed by atoms with E-state index in [1.54, 1.807) is 0 Å². The largest absolute Gasteiger partial charge is 0.278 e. The van der Waals surface area contributed by atoms with Crippen molar-refractivity contribution in [3.63, 3.8) is 0 Å². The zero-order chi connectivity index (χ0) is 40.7. The van der Waals surface area contributed by atoms with Crippen molar-refractivity contribution in [1.29, 1.82) is 0 Å². The van der Waals surface area contributed by atoms with E-state index in [2.05, 4.69) is 193 Å². The molecule has 0 aliphatic rings. The number of nitrogens with zero attached hydrogens (tertiary/aromatic N) is 4. The first kappa shape index (κ1) is 34.8. The van der Waals surface area contributed by atoms with Gasteiger partial charge in [0.1, 0.15) is 0 Å². The molecular weight excluding hydrogens is 773 g/mol. The van der Waals surface area contributed by atoms with Gasteiger partial charge in [0.2, 0.25) is 5.95 Å². The molecule has 0 amide bonds. The quantitative estimate of drug-likeness (QED) is 0.174. The lowest BCUT2D eigenvalue weighted by Gasteiger charge is -2.14. The highest BCUT2D eigenvalue weighted by Gasteiger charge is 2.25. The summed E-state index contributed by atoms with van der Waals surface area (Å²) in [7, 11) is 0. The lowest BCUT2D eigenvalue weighted by Crippen LogP contribution is -2.07. The molecule has 10 aromatic carbocycles. The Kier molecular flexibility index (Phi) is 7.74. The zero-order valence-electron chi connectivity index (χ0n) is 33.3. The van der Waals surface area contributed by atoms with Crippen LogP contribution in [-0.4, -0.2) is 19.5 Å². The van der Waals surface area contributed by atoms with E-state index < -0.39 is 0 Å². The van der Waals surface area contributed by atoms with Gasteiger partial charge in [0.05, 0.1) is 11.0 Å². The second kappa shape index (κ2) is 13.8. The molecule has 0 unspecified atom stereocenters. The Balaban J connectivity index is 1.21. The van der Waals surface area contributed by atoms with Crippen LogP contribution in [0.1, 0.15) is 0 Å². The minimum atomic E-state index is 0.568. The van der Waals surface area contributed by atoms with Gasteiger partial charge in [0.15, 0.2) is 11.6 Å². The molecule has 0 aliphatic heterocycles. The van der Waals surface area contributed by atoms with Crippen LogP contribution in [0.5, 0.6) is 0 Å². The van der Waals surface area contributed by atoms with Crippen molar-refractivity contribution < 1.29 is 0 Å². The van der Waals surface area contributed by atoms with Crippen molar-refractivity contribution in [2.75, 3.05) is 0 Å². The predicted octanol–water partition coefficient (Wildman–Crippen LogP) is 15.5. The Labute approximate surface area is 360 Å². The Morgan fingerprint density at radius 2 is 0.726 bits per heavy atom. The first-order valence-electron chi connectivity index (χ1n) is 20.9. The molecule has 0 radical (unpaired) electrons. The lowest BCUT2D eigenvalue weighted by molar-refractivity contribution is 0.955. The van der Waals surface area contributed by atoms with Crippen LogP contribution in [0.4, 0.5) is 0 Å². The van der Waals surface area contributed by atoms with Crippen LogP contribution in [0.2, 0.25) is 0 Å². The van der Waals surface area contributed by atoms with Crippen molar-refractivity contribution in [3.05, 3.63) is 206 Å². The van der Waals surface area contributed by atoms with Crippen LogP contribution < -0.4 is 0 Å². The SMILES string of the molecule is c1ccc(-c2nc(-c3cc4sc5ccccc5c4c4ccccc34)nc(-n3c4cc(-c5ccccc5)c5ccccc5c4c4c5ccccc5c(-c5ccccc5)cc43)n2)cc1. The molecule has 0 bridgehead atoms. The molecule has 13 rings (SSSR count). The third kappa shape index (κ3) is 5.29. The van der Waals surface area contributed by atoms with Crippen molar-refractivity contribution in [3.8, 4) is 51.0 Å². The van der Waals surface area contributed by atoms with Crippen LogP contribution in [-0.2, 0) is 0 Å². The first-order valence-corrected chi connectivity index (χ1v) is 21.8. The van der Waals surface area contributed by atoms with Gasteiger partial charge in [-0.05, 0) is 78.8 Å². The van der Waals surface area contributed by atoms with E-state index in [0.717, 1.165) is 49.8 Å². The summed E-state index contributed by atoms with van der Waals surface area (Å²) in [5.41, 5.74) is 8.60. The average molecular weight is 807 g/mol. The summed E-state index contributed by atoms with van der Waals surface area (Å²) < 4.78 is 4.78. The summed E-state index contributed by atoms with van der Waals surface area (Å²) in [4.78, 5) is 16.4. The number of benzene rings is 10. The Hall–Kier alpha value is -7.99. The Bertz CT molecular complexity index is 3770. The predicted molar refractivity (Wildman–Crippen MR) is 261 cm³/mol. The third-order valence-corrected chi connectivity index (χ3v) is 13.5. The molecule has 0 fully saturated rings. The topological polar surface area (TPSA) is 43.6 Å². The molecule has 0 N–H and O–H groups in total. The maximum Gasteiger partial charge on any atom is 0.238 e. The number of thiophene rings is 1. The van der Waals surface area contributed by atoms with Crippen molar-refractivity contribution in [2.24, 2.45) is 0 Å². The molecule has 0 saturated carbocycles. The maximum absolute atomic E-state index is 5.59. The monoisotopic (exact) mass is 806 g/mol. The Morgan fingerprint density at radius 1 is 0.306 bits per heavy atom. The minimum absolute atomic E-state index is 0.568. The van der Waals surface area contributed by atoms with Gasteiger partial charge < -0.3 is 0 Å². The normalized spacial score (nSPS) is 11.9. The lowest BCUT2D eigenvalue weighted by atomic mass is 9.92. The van der Waals surface area contributed by atoms with E-state index in [4.69, 9.17) is 15.0 Å². The van der Waals surface area contributed by atoms with Crippen LogP contribution in [0.15, 0.2) is 206 Å². The number of hydrogen-bond acceptors (Lipinski definition) is 4. The van der Waals surface area contributed by atoms with Crippen LogP contribution in [0.3, 0.4) is 0 Å². The number of aromatic nitrogens is 4. The summed E-state index contributed by atoms with van der Waals surface area (Å²) in [6.45, 7) is 0. The summed E-state index contributed by atoms with van der Waals surface area (Å²) in [6, 6.07) is 73.8. The van der Waals surface area contributed by atoms with E-state index >= 15 is 0 Å².